The Morgan fingerprint density at radius 3 is 2.73 bits per heavy atom. The number of hydrogen-bond acceptors (Lipinski definition) is 4. The van der Waals surface area contributed by atoms with E-state index in [2.05, 4.69) is 18.7 Å². The van der Waals surface area contributed by atoms with Gasteiger partial charge in [0.1, 0.15) is 0 Å². The number of nitrogens with two attached hydrogens (primary N) is 1. The van der Waals surface area contributed by atoms with Gasteiger partial charge in [-0.25, -0.2) is 0 Å². The maximum Gasteiger partial charge on any atom is 0.0622 e. The lowest BCUT2D eigenvalue weighted by atomic mass is 10.0. The van der Waals surface area contributed by atoms with Gasteiger partial charge in [0.25, 0.3) is 0 Å². The number of methoxy groups -OCH3 is 1. The summed E-state index contributed by atoms with van der Waals surface area (Å²) in [6.07, 6.45) is 1.11. The third-order valence-electron chi connectivity index (χ3n) is 2.62. The van der Waals surface area contributed by atoms with E-state index >= 15 is 0 Å². The molecule has 0 radical (unpaired) electrons. The Balaban J connectivity index is 2.44. The van der Waals surface area contributed by atoms with Crippen LogP contribution in [-0.2, 0) is 9.47 Å². The summed E-state index contributed by atoms with van der Waals surface area (Å²) in [5.41, 5.74) is 5.90. The summed E-state index contributed by atoms with van der Waals surface area (Å²) < 4.78 is 10.5. The van der Waals surface area contributed by atoms with Crippen LogP contribution in [0.15, 0.2) is 0 Å². The molecule has 0 aromatic heterocycles. The van der Waals surface area contributed by atoms with Gasteiger partial charge in [0, 0.05) is 38.4 Å². The molecule has 1 rings (SSSR count). The van der Waals surface area contributed by atoms with Crippen LogP contribution < -0.4 is 5.73 Å². The number of rotatable bonds is 6. The molecule has 1 aliphatic rings. The second-order valence-electron chi connectivity index (χ2n) is 4.97. The lowest BCUT2D eigenvalue weighted by molar-refractivity contribution is 0.0923. The van der Waals surface area contributed by atoms with Crippen LogP contribution in [0.5, 0.6) is 0 Å². The van der Waals surface area contributed by atoms with E-state index in [1.165, 1.54) is 0 Å². The molecule has 1 heterocycles. The van der Waals surface area contributed by atoms with Gasteiger partial charge < -0.3 is 15.2 Å². The predicted molar refractivity (Wildman–Crippen MR) is 60.9 cm³/mol. The molecule has 0 amide bonds. The molecule has 1 unspecified atom stereocenters. The first-order valence-corrected chi connectivity index (χ1v) is 5.62. The molecule has 0 saturated carbocycles. The molecule has 2 N–H and O–H groups in total. The van der Waals surface area contributed by atoms with Crippen molar-refractivity contribution in [2.45, 2.75) is 31.8 Å². The minimum atomic E-state index is -0.156. The smallest absolute Gasteiger partial charge is 0.0622 e. The fourth-order valence-electron chi connectivity index (χ4n) is 1.93. The molecule has 4 nitrogen and oxygen atoms in total. The Kier molecular flexibility index (Phi) is 4.99. The van der Waals surface area contributed by atoms with E-state index in [0.717, 1.165) is 39.3 Å². The van der Waals surface area contributed by atoms with Gasteiger partial charge in [-0.15, -0.1) is 0 Å². The van der Waals surface area contributed by atoms with Gasteiger partial charge in [-0.1, -0.05) is 0 Å². The largest absolute Gasteiger partial charge is 0.383 e. The molecule has 1 fully saturated rings. The highest BCUT2D eigenvalue weighted by atomic mass is 16.5. The molecular weight excluding hydrogens is 192 g/mol. The standard InChI is InChI=1S/C11H24N2O2/c1-11(2,12)9-13(5-7-14-3)10-4-6-15-8-10/h10H,4-9,12H2,1-3H3. The van der Waals surface area contributed by atoms with E-state index in [-0.39, 0.29) is 5.54 Å². The Hall–Kier alpha value is -0.160. The molecule has 0 spiro atoms. The second kappa shape index (κ2) is 5.80. The Morgan fingerprint density at radius 2 is 2.27 bits per heavy atom. The maximum atomic E-state index is 6.05. The van der Waals surface area contributed by atoms with Crippen LogP contribution in [0.2, 0.25) is 0 Å². The Bertz CT molecular complexity index is 174. The molecule has 15 heavy (non-hydrogen) atoms. The predicted octanol–water partition coefficient (Wildman–Crippen LogP) is 0.461. The summed E-state index contributed by atoms with van der Waals surface area (Å²) in [5, 5.41) is 0. The zero-order chi connectivity index (χ0) is 11.3. The summed E-state index contributed by atoms with van der Waals surface area (Å²) in [4.78, 5) is 2.39. The topological polar surface area (TPSA) is 47.7 Å². The van der Waals surface area contributed by atoms with Crippen LogP contribution in [0.4, 0.5) is 0 Å². The Morgan fingerprint density at radius 1 is 1.53 bits per heavy atom. The molecule has 1 saturated heterocycles. The fraction of sp³-hybridized carbons (Fsp3) is 1.00. The number of hydrogen-bond donors (Lipinski definition) is 1. The van der Waals surface area contributed by atoms with Crippen LogP contribution in [0, 0.1) is 0 Å². The lowest BCUT2D eigenvalue weighted by Gasteiger charge is -2.33. The van der Waals surface area contributed by atoms with Gasteiger partial charge in [0.05, 0.1) is 13.2 Å². The second-order valence-corrected chi connectivity index (χ2v) is 4.97. The minimum Gasteiger partial charge on any atom is -0.383 e. The van der Waals surface area contributed by atoms with E-state index in [0.29, 0.717) is 6.04 Å². The van der Waals surface area contributed by atoms with E-state index in [1.807, 2.05) is 0 Å². The minimum absolute atomic E-state index is 0.156. The molecule has 0 aromatic rings. The molecule has 90 valence electrons. The normalized spacial score (nSPS) is 22.6. The van der Waals surface area contributed by atoms with Crippen molar-refractivity contribution in [2.75, 3.05) is 40.0 Å². The SMILES string of the molecule is COCCN(CC(C)(C)N)C1CCOC1. The van der Waals surface area contributed by atoms with Gasteiger partial charge in [-0.3, -0.25) is 4.90 Å². The first kappa shape index (κ1) is 12.9. The molecule has 1 atom stereocenters. The zero-order valence-electron chi connectivity index (χ0n) is 10.2. The van der Waals surface area contributed by atoms with Crippen molar-refractivity contribution in [3.63, 3.8) is 0 Å². The van der Waals surface area contributed by atoms with Gasteiger partial charge in [-0.05, 0) is 20.3 Å². The first-order valence-electron chi connectivity index (χ1n) is 5.62. The third kappa shape index (κ3) is 4.93. The summed E-state index contributed by atoms with van der Waals surface area (Å²) in [6, 6.07) is 0.517. The van der Waals surface area contributed by atoms with E-state index < -0.39 is 0 Å². The van der Waals surface area contributed by atoms with Crippen molar-refractivity contribution in [1.29, 1.82) is 0 Å². The lowest BCUT2D eigenvalue weighted by Crippen LogP contribution is -2.50. The first-order chi connectivity index (χ1) is 7.03. The molecule has 0 aliphatic carbocycles. The maximum absolute atomic E-state index is 6.05. The highest BCUT2D eigenvalue weighted by Gasteiger charge is 2.26. The van der Waals surface area contributed by atoms with Crippen LogP contribution >= 0.6 is 0 Å². The molecular formula is C11H24N2O2. The monoisotopic (exact) mass is 216 g/mol. The number of nitrogens with zero attached hydrogens (tertiary/aromatic N) is 1. The van der Waals surface area contributed by atoms with Crippen LogP contribution in [0.3, 0.4) is 0 Å². The van der Waals surface area contributed by atoms with Crippen molar-refractivity contribution < 1.29 is 9.47 Å². The van der Waals surface area contributed by atoms with E-state index in [9.17, 15) is 0 Å². The van der Waals surface area contributed by atoms with E-state index in [1.54, 1.807) is 7.11 Å². The summed E-state index contributed by atoms with van der Waals surface area (Å²) >= 11 is 0. The van der Waals surface area contributed by atoms with Gasteiger partial charge >= 0.3 is 0 Å². The van der Waals surface area contributed by atoms with Crippen LogP contribution in [0.1, 0.15) is 20.3 Å². The van der Waals surface area contributed by atoms with Gasteiger partial charge in [-0.2, -0.15) is 0 Å². The third-order valence-corrected chi connectivity index (χ3v) is 2.62. The summed E-state index contributed by atoms with van der Waals surface area (Å²) in [7, 11) is 1.73. The summed E-state index contributed by atoms with van der Waals surface area (Å²) in [6.45, 7) is 8.41. The molecule has 4 heteroatoms. The van der Waals surface area contributed by atoms with Gasteiger partial charge in [0.15, 0.2) is 0 Å². The van der Waals surface area contributed by atoms with Crippen molar-refractivity contribution in [3.8, 4) is 0 Å². The molecule has 0 aromatic carbocycles. The van der Waals surface area contributed by atoms with Crippen molar-refractivity contribution >= 4 is 0 Å². The van der Waals surface area contributed by atoms with Crippen molar-refractivity contribution in [3.05, 3.63) is 0 Å². The Labute approximate surface area is 92.7 Å². The summed E-state index contributed by atoms with van der Waals surface area (Å²) in [5.74, 6) is 0. The number of ether oxygens (including phenoxy) is 2. The van der Waals surface area contributed by atoms with Crippen LogP contribution in [0.25, 0.3) is 0 Å². The highest BCUT2D eigenvalue weighted by molar-refractivity contribution is 4.83. The molecule has 1 aliphatic heterocycles. The molecule has 0 bridgehead atoms. The quantitative estimate of drug-likeness (QED) is 0.701. The fourth-order valence-corrected chi connectivity index (χ4v) is 1.93. The van der Waals surface area contributed by atoms with Crippen molar-refractivity contribution in [2.24, 2.45) is 5.73 Å². The van der Waals surface area contributed by atoms with Crippen LogP contribution in [-0.4, -0.2) is 56.5 Å². The van der Waals surface area contributed by atoms with Crippen molar-refractivity contribution in [1.82, 2.24) is 4.90 Å². The zero-order valence-corrected chi connectivity index (χ0v) is 10.2. The average molecular weight is 216 g/mol. The highest BCUT2D eigenvalue weighted by Crippen LogP contribution is 2.14. The average Bonchev–Trinajstić information content (AvgIpc) is 2.63. The van der Waals surface area contributed by atoms with Gasteiger partial charge in [0.2, 0.25) is 0 Å². The van der Waals surface area contributed by atoms with E-state index in [4.69, 9.17) is 15.2 Å².